The molecule has 0 aromatic carbocycles. The number of likely N-dealkylation sites (tertiary alicyclic amines) is 1. The summed E-state index contributed by atoms with van der Waals surface area (Å²) in [5, 5.41) is 8.58. The van der Waals surface area contributed by atoms with Gasteiger partial charge in [0.25, 0.3) is 0 Å². The molecule has 18 heavy (non-hydrogen) atoms. The number of piperidine rings is 1. The molecule has 0 aliphatic carbocycles. The summed E-state index contributed by atoms with van der Waals surface area (Å²) in [5.74, 6) is -0.791. The highest BCUT2D eigenvalue weighted by molar-refractivity contribution is 7.88. The highest BCUT2D eigenvalue weighted by Crippen LogP contribution is 2.17. The first kappa shape index (κ1) is 17.6. The topological polar surface area (TPSA) is 77.9 Å². The molecular weight excluding hydrogens is 280 g/mol. The summed E-state index contributed by atoms with van der Waals surface area (Å²) in [5.41, 5.74) is 0. The lowest BCUT2D eigenvalue weighted by Crippen LogP contribution is -2.45. The fourth-order valence-corrected chi connectivity index (χ4v) is 2.78. The molecule has 0 radical (unpaired) electrons. The lowest BCUT2D eigenvalue weighted by Gasteiger charge is -2.35. The molecule has 1 fully saturated rings. The van der Waals surface area contributed by atoms with E-state index in [0.717, 1.165) is 25.9 Å². The van der Waals surface area contributed by atoms with E-state index in [2.05, 4.69) is 4.90 Å². The molecule has 0 bridgehead atoms. The Morgan fingerprint density at radius 2 is 1.89 bits per heavy atom. The Hall–Kier alpha value is -0.370. The third-order valence-electron chi connectivity index (χ3n) is 3.24. The van der Waals surface area contributed by atoms with E-state index in [1.165, 1.54) is 10.6 Å². The van der Waals surface area contributed by atoms with E-state index in [4.69, 9.17) is 5.11 Å². The monoisotopic (exact) mass is 300 g/mol. The van der Waals surface area contributed by atoms with E-state index in [1.54, 1.807) is 7.05 Å². The van der Waals surface area contributed by atoms with E-state index in [-0.39, 0.29) is 24.9 Å². The Labute approximate surface area is 114 Å². The molecule has 1 aliphatic heterocycles. The average molecular weight is 301 g/mol. The van der Waals surface area contributed by atoms with Crippen molar-refractivity contribution in [2.24, 2.45) is 0 Å². The highest BCUT2D eigenvalue weighted by Gasteiger charge is 2.26. The van der Waals surface area contributed by atoms with Crippen LogP contribution in [-0.4, -0.2) is 67.7 Å². The van der Waals surface area contributed by atoms with Gasteiger partial charge in [-0.15, -0.1) is 12.4 Å². The van der Waals surface area contributed by atoms with Crippen LogP contribution in [0.25, 0.3) is 0 Å². The molecule has 1 N–H and O–H groups in total. The van der Waals surface area contributed by atoms with Gasteiger partial charge < -0.3 is 10.0 Å². The molecule has 1 saturated heterocycles. The van der Waals surface area contributed by atoms with Crippen molar-refractivity contribution in [3.63, 3.8) is 0 Å². The molecule has 0 aromatic rings. The van der Waals surface area contributed by atoms with E-state index >= 15 is 0 Å². The Bertz CT molecular complexity index is 366. The van der Waals surface area contributed by atoms with E-state index in [0.29, 0.717) is 6.54 Å². The van der Waals surface area contributed by atoms with Gasteiger partial charge in [0, 0.05) is 19.6 Å². The van der Waals surface area contributed by atoms with Crippen molar-refractivity contribution in [2.45, 2.75) is 25.3 Å². The van der Waals surface area contributed by atoms with Crippen molar-refractivity contribution in [1.29, 1.82) is 0 Å². The molecule has 0 amide bonds. The first-order valence-corrected chi connectivity index (χ1v) is 7.52. The third-order valence-corrected chi connectivity index (χ3v) is 4.58. The van der Waals surface area contributed by atoms with Crippen LogP contribution in [0.5, 0.6) is 0 Å². The second kappa shape index (κ2) is 7.28. The van der Waals surface area contributed by atoms with Gasteiger partial charge in [-0.2, -0.15) is 0 Å². The summed E-state index contributed by atoms with van der Waals surface area (Å²) in [6.07, 6.45) is 2.89. The Kier molecular flexibility index (Phi) is 7.13. The largest absolute Gasteiger partial charge is 0.481 e. The number of carboxylic acids is 1. The standard InChI is InChI=1S/C10H20N2O4S.ClH/c1-11(17(2,15)16)9-3-6-12(7-4-9)8-5-10(13)14;/h9H,3-8H2,1-2H3,(H,13,14);1H. The molecule has 108 valence electrons. The molecule has 0 atom stereocenters. The minimum absolute atomic E-state index is 0. The van der Waals surface area contributed by atoms with E-state index in [9.17, 15) is 13.2 Å². The van der Waals surface area contributed by atoms with E-state index in [1.807, 2.05) is 0 Å². The van der Waals surface area contributed by atoms with Crippen molar-refractivity contribution in [2.75, 3.05) is 32.9 Å². The number of rotatable bonds is 5. The van der Waals surface area contributed by atoms with Crippen LogP contribution >= 0.6 is 12.4 Å². The molecule has 0 spiro atoms. The van der Waals surface area contributed by atoms with Crippen molar-refractivity contribution in [1.82, 2.24) is 9.21 Å². The summed E-state index contributed by atoms with van der Waals surface area (Å²) in [6.45, 7) is 2.07. The van der Waals surface area contributed by atoms with Crippen molar-refractivity contribution in [3.05, 3.63) is 0 Å². The smallest absolute Gasteiger partial charge is 0.304 e. The molecule has 1 heterocycles. The molecule has 0 aromatic heterocycles. The van der Waals surface area contributed by atoms with Crippen molar-refractivity contribution < 1.29 is 18.3 Å². The number of sulfonamides is 1. The van der Waals surface area contributed by atoms with Crippen molar-refractivity contribution in [3.8, 4) is 0 Å². The maximum atomic E-state index is 11.4. The van der Waals surface area contributed by atoms with Gasteiger partial charge in [0.1, 0.15) is 0 Å². The van der Waals surface area contributed by atoms with Crippen molar-refractivity contribution >= 4 is 28.4 Å². The SMILES string of the molecule is CN(C1CCN(CCC(=O)O)CC1)S(C)(=O)=O.Cl. The zero-order valence-electron chi connectivity index (χ0n) is 10.7. The van der Waals surface area contributed by atoms with Gasteiger partial charge >= 0.3 is 5.97 Å². The highest BCUT2D eigenvalue weighted by atomic mass is 35.5. The Morgan fingerprint density at radius 1 is 1.39 bits per heavy atom. The van der Waals surface area contributed by atoms with Gasteiger partial charge in [0.2, 0.25) is 10.0 Å². The van der Waals surface area contributed by atoms with Gasteiger partial charge in [-0.05, 0) is 25.9 Å². The predicted octanol–water partition coefficient (Wildman–Crippen LogP) is 0.239. The average Bonchev–Trinajstić information content (AvgIpc) is 2.25. The number of hydrogen-bond donors (Lipinski definition) is 1. The van der Waals surface area contributed by atoms with Crippen LogP contribution in [0.3, 0.4) is 0 Å². The number of aliphatic carboxylic acids is 1. The fraction of sp³-hybridized carbons (Fsp3) is 0.900. The lowest BCUT2D eigenvalue weighted by molar-refractivity contribution is -0.137. The fourth-order valence-electron chi connectivity index (χ4n) is 2.03. The first-order chi connectivity index (χ1) is 7.80. The maximum absolute atomic E-state index is 11.4. The number of nitrogens with zero attached hydrogens (tertiary/aromatic N) is 2. The molecule has 1 aliphatic rings. The van der Waals surface area contributed by atoms with Gasteiger partial charge in [0.15, 0.2) is 0 Å². The Morgan fingerprint density at radius 3 is 2.28 bits per heavy atom. The second-order valence-corrected chi connectivity index (χ2v) is 6.54. The predicted molar refractivity (Wildman–Crippen MR) is 71.6 cm³/mol. The summed E-state index contributed by atoms with van der Waals surface area (Å²) in [6, 6.07) is 0.0473. The number of halogens is 1. The molecule has 6 nitrogen and oxygen atoms in total. The normalized spacial score (nSPS) is 18.6. The maximum Gasteiger partial charge on any atom is 0.304 e. The van der Waals surface area contributed by atoms with Crippen LogP contribution < -0.4 is 0 Å². The third kappa shape index (κ3) is 5.51. The molecular formula is C10H21ClN2O4S. The van der Waals surface area contributed by atoms with Gasteiger partial charge in [-0.3, -0.25) is 4.79 Å². The van der Waals surface area contributed by atoms with Gasteiger partial charge in [0.05, 0.1) is 12.7 Å². The first-order valence-electron chi connectivity index (χ1n) is 5.68. The number of carbonyl (C=O) groups is 1. The second-order valence-electron chi connectivity index (χ2n) is 4.50. The van der Waals surface area contributed by atoms with Crippen LogP contribution in [-0.2, 0) is 14.8 Å². The zero-order chi connectivity index (χ0) is 13.1. The van der Waals surface area contributed by atoms with Crippen LogP contribution in [0.1, 0.15) is 19.3 Å². The summed E-state index contributed by atoms with van der Waals surface area (Å²) >= 11 is 0. The lowest BCUT2D eigenvalue weighted by atomic mass is 10.1. The van der Waals surface area contributed by atoms with Gasteiger partial charge in [-0.1, -0.05) is 0 Å². The minimum atomic E-state index is -3.12. The molecule has 8 heteroatoms. The van der Waals surface area contributed by atoms with Crippen LogP contribution in [0, 0.1) is 0 Å². The van der Waals surface area contributed by atoms with Gasteiger partial charge in [-0.25, -0.2) is 12.7 Å². The van der Waals surface area contributed by atoms with Crippen LogP contribution in [0.4, 0.5) is 0 Å². The van der Waals surface area contributed by atoms with E-state index < -0.39 is 16.0 Å². The number of hydrogen-bond acceptors (Lipinski definition) is 4. The summed E-state index contributed by atoms with van der Waals surface area (Å²) in [4.78, 5) is 12.5. The summed E-state index contributed by atoms with van der Waals surface area (Å²) in [7, 11) is -1.52. The summed E-state index contributed by atoms with van der Waals surface area (Å²) < 4.78 is 24.1. The quantitative estimate of drug-likeness (QED) is 0.787. The minimum Gasteiger partial charge on any atom is -0.481 e. The number of carboxylic acid groups (broad SMARTS) is 1. The zero-order valence-corrected chi connectivity index (χ0v) is 12.3. The van der Waals surface area contributed by atoms with Crippen LogP contribution in [0.15, 0.2) is 0 Å². The molecule has 0 saturated carbocycles. The molecule has 0 unspecified atom stereocenters. The Balaban J connectivity index is 0.00000289. The molecule has 1 rings (SSSR count). The van der Waals surface area contributed by atoms with Crippen LogP contribution in [0.2, 0.25) is 0 Å².